The lowest BCUT2D eigenvalue weighted by atomic mass is 9.90. The number of rotatable bonds is 6. The number of hydrogen-bond donors (Lipinski definition) is 1. The Morgan fingerprint density at radius 1 is 1.13 bits per heavy atom. The lowest BCUT2D eigenvalue weighted by molar-refractivity contribution is -0.114. The van der Waals surface area contributed by atoms with Gasteiger partial charge in [-0.25, -0.2) is 0 Å². The highest BCUT2D eigenvalue weighted by molar-refractivity contribution is 8.27. The first-order valence-corrected chi connectivity index (χ1v) is 14.1. The van der Waals surface area contributed by atoms with E-state index >= 15 is 0 Å². The van der Waals surface area contributed by atoms with E-state index in [1.165, 1.54) is 36.6 Å². The Morgan fingerprint density at radius 2 is 1.95 bits per heavy atom. The van der Waals surface area contributed by atoms with Crippen molar-refractivity contribution in [1.29, 1.82) is 5.41 Å². The van der Waals surface area contributed by atoms with E-state index in [9.17, 15) is 4.79 Å². The van der Waals surface area contributed by atoms with Crippen LogP contribution in [-0.2, 0) is 11.3 Å². The van der Waals surface area contributed by atoms with Gasteiger partial charge in [0.1, 0.15) is 17.4 Å². The maximum Gasteiger partial charge on any atom is 0.283 e. The zero-order chi connectivity index (χ0) is 26.2. The smallest absolute Gasteiger partial charge is 0.283 e. The van der Waals surface area contributed by atoms with E-state index in [4.69, 9.17) is 15.2 Å². The number of aliphatic imine (C=N–C) groups is 1. The van der Waals surface area contributed by atoms with Crippen LogP contribution in [0.2, 0.25) is 0 Å². The van der Waals surface area contributed by atoms with Crippen LogP contribution >= 0.6 is 11.8 Å². The molecule has 0 unspecified atom stereocenters. The summed E-state index contributed by atoms with van der Waals surface area (Å²) in [5.74, 6) is 1.01. The Morgan fingerprint density at radius 3 is 2.79 bits per heavy atom. The van der Waals surface area contributed by atoms with Gasteiger partial charge in [-0.15, -0.1) is 0 Å². The summed E-state index contributed by atoms with van der Waals surface area (Å²) in [6.45, 7) is 5.29. The summed E-state index contributed by atoms with van der Waals surface area (Å²) in [5.41, 5.74) is 4.47. The molecule has 1 saturated carbocycles. The van der Waals surface area contributed by atoms with Crippen LogP contribution in [0.15, 0.2) is 64.3 Å². The van der Waals surface area contributed by atoms with Gasteiger partial charge in [0.2, 0.25) is 5.17 Å². The molecule has 0 spiro atoms. The molecule has 1 fully saturated rings. The van der Waals surface area contributed by atoms with Crippen molar-refractivity contribution in [2.75, 3.05) is 6.61 Å². The van der Waals surface area contributed by atoms with Crippen molar-refractivity contribution in [1.82, 2.24) is 9.58 Å². The number of carbonyl (C=O) groups excluding carboxylic acids is 1. The van der Waals surface area contributed by atoms with Gasteiger partial charge in [-0.2, -0.15) is 15.1 Å². The largest absolute Gasteiger partial charge is 0.491 e. The van der Waals surface area contributed by atoms with Gasteiger partial charge < -0.3 is 9.30 Å². The number of amides is 1. The Balaban J connectivity index is 1.26. The molecule has 8 heteroatoms. The number of hydrogen-bond acceptors (Lipinski definition) is 5. The fraction of sp³-hybridized carbons (Fsp3) is 0.333. The molecule has 3 aliphatic rings. The summed E-state index contributed by atoms with van der Waals surface area (Å²) in [6, 6.07) is 14.3. The van der Waals surface area contributed by atoms with Crippen LogP contribution in [0.4, 0.5) is 0 Å². The van der Waals surface area contributed by atoms with E-state index in [0.717, 1.165) is 45.7 Å². The molecular weight excluding hydrogens is 494 g/mol. The van der Waals surface area contributed by atoms with E-state index in [1.807, 2.05) is 24.4 Å². The molecule has 1 aromatic heterocycles. The third-order valence-corrected chi connectivity index (χ3v) is 8.55. The highest BCUT2D eigenvalue weighted by Gasteiger charge is 2.38. The van der Waals surface area contributed by atoms with Crippen LogP contribution < -0.4 is 4.74 Å². The first-order chi connectivity index (χ1) is 18.5. The number of ether oxygens (including phenoxy) is 1. The van der Waals surface area contributed by atoms with Crippen molar-refractivity contribution >= 4 is 50.7 Å². The molecule has 2 aromatic carbocycles. The third-order valence-electron chi connectivity index (χ3n) is 7.48. The van der Waals surface area contributed by atoms with Crippen molar-refractivity contribution in [3.63, 3.8) is 0 Å². The normalized spacial score (nSPS) is 19.2. The van der Waals surface area contributed by atoms with Crippen LogP contribution in [0.5, 0.6) is 5.75 Å². The first kappa shape index (κ1) is 24.7. The minimum atomic E-state index is -0.385. The molecule has 1 N–H and O–H groups in total. The Labute approximate surface area is 226 Å². The zero-order valence-corrected chi connectivity index (χ0v) is 22.6. The lowest BCUT2D eigenvalue weighted by Crippen LogP contribution is -2.35. The zero-order valence-electron chi connectivity index (χ0n) is 21.7. The van der Waals surface area contributed by atoms with E-state index in [0.29, 0.717) is 24.2 Å². The van der Waals surface area contributed by atoms with Crippen LogP contribution in [0, 0.1) is 25.2 Å². The topological polar surface area (TPSA) is 83.0 Å². The molecular formula is C30H31N5O2S. The quantitative estimate of drug-likeness (QED) is 0.371. The molecule has 0 bridgehead atoms. The summed E-state index contributed by atoms with van der Waals surface area (Å²) in [6.07, 6.45) is 9.72. The molecule has 0 saturated heterocycles. The van der Waals surface area contributed by atoms with E-state index < -0.39 is 0 Å². The third kappa shape index (κ3) is 4.69. The number of aryl methyl sites for hydroxylation is 2. The van der Waals surface area contributed by atoms with Gasteiger partial charge in [0, 0.05) is 28.6 Å². The molecule has 0 atom stereocenters. The van der Waals surface area contributed by atoms with Crippen molar-refractivity contribution in [2.45, 2.75) is 52.5 Å². The standard InChI is InChI=1S/C30H31N5O2S/c1-19-12-13-20(2)26(16-19)37-15-14-34-18-22(23-10-6-7-11-25(23)34)17-24-27(31)35-30(32-28(24)36)38-29(33-35)21-8-4-3-5-9-21/h6-7,10-13,16-18,21,31H,3-5,8-9,14-15H2,1-2H3. The number of hydrazone groups is 1. The molecule has 6 rings (SSSR count). The molecule has 0 radical (unpaired) electrons. The summed E-state index contributed by atoms with van der Waals surface area (Å²) >= 11 is 1.45. The highest BCUT2D eigenvalue weighted by Crippen LogP contribution is 2.36. The second-order valence-electron chi connectivity index (χ2n) is 10.2. The number of thioether (sulfide) groups is 1. The molecule has 1 amide bonds. The van der Waals surface area contributed by atoms with Gasteiger partial charge in [-0.05, 0) is 67.8 Å². The van der Waals surface area contributed by atoms with Gasteiger partial charge in [-0.1, -0.05) is 49.6 Å². The van der Waals surface area contributed by atoms with Crippen LogP contribution in [0.1, 0.15) is 48.8 Å². The fourth-order valence-electron chi connectivity index (χ4n) is 5.37. The van der Waals surface area contributed by atoms with Gasteiger partial charge in [0.05, 0.1) is 12.1 Å². The number of aromatic nitrogens is 1. The molecule has 194 valence electrons. The lowest BCUT2D eigenvalue weighted by Gasteiger charge is -2.20. The number of para-hydroxylation sites is 1. The predicted molar refractivity (Wildman–Crippen MR) is 155 cm³/mol. The van der Waals surface area contributed by atoms with Crippen molar-refractivity contribution < 1.29 is 9.53 Å². The van der Waals surface area contributed by atoms with Gasteiger partial charge in [-0.3, -0.25) is 10.2 Å². The van der Waals surface area contributed by atoms with Gasteiger partial charge in [0.25, 0.3) is 5.91 Å². The number of fused-ring (bicyclic) bond motifs is 2. The van der Waals surface area contributed by atoms with Crippen molar-refractivity contribution in [3.05, 3.63) is 70.9 Å². The Hall–Kier alpha value is -3.65. The maximum absolute atomic E-state index is 13.1. The second kappa shape index (κ2) is 10.3. The van der Waals surface area contributed by atoms with Crippen molar-refractivity contribution in [2.24, 2.45) is 16.0 Å². The summed E-state index contributed by atoms with van der Waals surface area (Å²) < 4.78 is 8.25. The first-order valence-electron chi connectivity index (χ1n) is 13.3. The Bertz CT molecular complexity index is 1530. The molecule has 3 heterocycles. The highest BCUT2D eigenvalue weighted by atomic mass is 32.2. The van der Waals surface area contributed by atoms with Gasteiger partial charge >= 0.3 is 0 Å². The SMILES string of the molecule is Cc1ccc(C)c(OCCn2cc(C=C3C(=N)N4N=C(C5CCCCC5)SC4=NC3=O)c3ccccc32)c1. The minimum absolute atomic E-state index is 0.0911. The number of nitrogens with zero attached hydrogens (tertiary/aromatic N) is 4. The average Bonchev–Trinajstić information content (AvgIpc) is 3.51. The molecule has 1 aliphatic carbocycles. The number of benzene rings is 2. The predicted octanol–water partition coefficient (Wildman–Crippen LogP) is 6.54. The monoisotopic (exact) mass is 525 g/mol. The summed E-state index contributed by atoms with van der Waals surface area (Å²) in [7, 11) is 0. The van der Waals surface area contributed by atoms with Crippen LogP contribution in [0.25, 0.3) is 17.0 Å². The number of carbonyl (C=O) groups is 1. The van der Waals surface area contributed by atoms with Crippen LogP contribution in [-0.4, -0.2) is 38.1 Å². The average molecular weight is 526 g/mol. The second-order valence-corrected chi connectivity index (χ2v) is 11.2. The minimum Gasteiger partial charge on any atom is -0.491 e. The van der Waals surface area contributed by atoms with Crippen molar-refractivity contribution in [3.8, 4) is 5.75 Å². The molecule has 7 nitrogen and oxygen atoms in total. The number of amidine groups is 2. The van der Waals surface area contributed by atoms with Crippen LogP contribution in [0.3, 0.4) is 0 Å². The Kier molecular flexibility index (Phi) is 6.66. The van der Waals surface area contributed by atoms with Gasteiger partial charge in [0.15, 0.2) is 5.84 Å². The molecule has 38 heavy (non-hydrogen) atoms. The van der Waals surface area contributed by atoms with E-state index in [-0.39, 0.29) is 17.3 Å². The molecule has 3 aromatic rings. The maximum atomic E-state index is 13.1. The van der Waals surface area contributed by atoms with E-state index in [1.54, 1.807) is 11.1 Å². The van der Waals surface area contributed by atoms with E-state index in [2.05, 4.69) is 47.7 Å². The summed E-state index contributed by atoms with van der Waals surface area (Å²) in [5, 5.41) is 17.6. The fourth-order valence-corrected chi connectivity index (χ4v) is 6.43. The number of nitrogens with one attached hydrogen (secondary N) is 1. The molecule has 2 aliphatic heterocycles. The summed E-state index contributed by atoms with van der Waals surface area (Å²) in [4.78, 5) is 17.4.